The second-order valence-electron chi connectivity index (χ2n) is 7.79. The van der Waals surface area contributed by atoms with Crippen molar-refractivity contribution < 1.29 is 9.13 Å². The molecule has 2 aliphatic rings. The van der Waals surface area contributed by atoms with Crippen LogP contribution in [0.5, 0.6) is 0 Å². The molecule has 0 bridgehead atoms. The molecular weight excluding hydrogens is 368 g/mol. The molecule has 30 heavy (non-hydrogen) atoms. The predicted octanol–water partition coefficient (Wildman–Crippen LogP) is 3.84. The third kappa shape index (κ3) is 1.75. The van der Waals surface area contributed by atoms with Crippen LogP contribution in [-0.2, 0) is 5.79 Å². The van der Waals surface area contributed by atoms with Gasteiger partial charge in [-0.05, 0) is 30.3 Å². The number of nitrogens with zero attached hydrogens (tertiary/aromatic N) is 4. The zero-order valence-corrected chi connectivity index (χ0v) is 16.2. The molecule has 2 aliphatic heterocycles. The first-order chi connectivity index (χ1) is 14.9. The molecule has 0 saturated heterocycles. The average Bonchev–Trinajstić information content (AvgIpc) is 3.46. The van der Waals surface area contributed by atoms with Crippen molar-refractivity contribution >= 4 is 0 Å². The first-order valence-corrected chi connectivity index (χ1v) is 10.2. The lowest BCUT2D eigenvalue weighted by Gasteiger charge is -2.16. The number of hydrogen-bond acceptors (Lipinski definition) is 1. The molecular formula is C26H18N4+2. The molecule has 0 N–H and O–H groups in total. The Balaban J connectivity index is 1.64. The Kier molecular flexibility index (Phi) is 2.91. The molecule has 4 heteroatoms. The minimum Gasteiger partial charge on any atom is -0.160 e. The van der Waals surface area contributed by atoms with Crippen molar-refractivity contribution in [2.75, 3.05) is 0 Å². The SMILES string of the molecule is c1ccc(-c2cc3n(n2)C2(c4ccccc4-c4cccc[n+]42)[n+]2ccccc2-3)cc1. The number of hydrogen-bond donors (Lipinski definition) is 0. The van der Waals surface area contributed by atoms with E-state index in [1.807, 2.05) is 6.07 Å². The first kappa shape index (κ1) is 15.8. The molecule has 0 radical (unpaired) electrons. The third-order valence-corrected chi connectivity index (χ3v) is 6.29. The molecule has 1 spiro atoms. The van der Waals surface area contributed by atoms with Crippen LogP contribution in [0.2, 0.25) is 0 Å². The van der Waals surface area contributed by atoms with Crippen LogP contribution in [0.4, 0.5) is 0 Å². The number of fused-ring (bicyclic) bond motifs is 10. The van der Waals surface area contributed by atoms with E-state index in [1.165, 1.54) is 16.8 Å². The average molecular weight is 386 g/mol. The van der Waals surface area contributed by atoms with Crippen LogP contribution in [0.15, 0.2) is 109 Å². The minimum atomic E-state index is -0.591. The monoisotopic (exact) mass is 386 g/mol. The van der Waals surface area contributed by atoms with Crippen molar-refractivity contribution in [2.24, 2.45) is 0 Å². The van der Waals surface area contributed by atoms with Crippen LogP contribution in [0.25, 0.3) is 33.9 Å². The third-order valence-electron chi connectivity index (χ3n) is 6.29. The van der Waals surface area contributed by atoms with Crippen LogP contribution in [0, 0.1) is 0 Å². The second kappa shape index (κ2) is 5.51. The largest absolute Gasteiger partial charge is 0.497 e. The van der Waals surface area contributed by atoms with Crippen LogP contribution in [-0.4, -0.2) is 9.78 Å². The zero-order chi connectivity index (χ0) is 19.7. The van der Waals surface area contributed by atoms with Crippen LogP contribution in [0.3, 0.4) is 0 Å². The Bertz CT molecular complexity index is 1400. The lowest BCUT2D eigenvalue weighted by Crippen LogP contribution is -2.74. The highest BCUT2D eigenvalue weighted by molar-refractivity contribution is 5.70. The van der Waals surface area contributed by atoms with Crippen molar-refractivity contribution in [1.29, 1.82) is 0 Å². The van der Waals surface area contributed by atoms with E-state index < -0.39 is 5.79 Å². The smallest absolute Gasteiger partial charge is 0.160 e. The summed E-state index contributed by atoms with van der Waals surface area (Å²) in [6, 6.07) is 34.0. The summed E-state index contributed by atoms with van der Waals surface area (Å²) in [5.74, 6) is -0.591. The number of benzene rings is 2. The van der Waals surface area contributed by atoms with Gasteiger partial charge in [-0.25, -0.2) is 0 Å². The molecule has 0 amide bonds. The van der Waals surface area contributed by atoms with Gasteiger partial charge < -0.3 is 0 Å². The maximum absolute atomic E-state index is 5.18. The molecule has 4 nitrogen and oxygen atoms in total. The van der Waals surface area contributed by atoms with Gasteiger partial charge in [0, 0.05) is 29.8 Å². The lowest BCUT2D eigenvalue weighted by atomic mass is 10.0. The highest BCUT2D eigenvalue weighted by atomic mass is 15.6. The Labute approximate surface area is 173 Å². The molecule has 1 atom stereocenters. The van der Waals surface area contributed by atoms with Gasteiger partial charge in [-0.3, -0.25) is 0 Å². The normalized spacial score (nSPS) is 17.5. The molecule has 1 unspecified atom stereocenters. The zero-order valence-electron chi connectivity index (χ0n) is 16.2. The van der Waals surface area contributed by atoms with E-state index in [2.05, 4.69) is 117 Å². The van der Waals surface area contributed by atoms with Crippen LogP contribution >= 0.6 is 0 Å². The fraction of sp³-hybridized carbons (Fsp3) is 0.0385. The van der Waals surface area contributed by atoms with Gasteiger partial charge in [0.1, 0.15) is 11.3 Å². The van der Waals surface area contributed by atoms with Gasteiger partial charge in [-0.15, -0.1) is 13.8 Å². The molecule has 140 valence electrons. The summed E-state index contributed by atoms with van der Waals surface area (Å²) < 4.78 is 6.89. The quantitative estimate of drug-likeness (QED) is 0.394. The Morgan fingerprint density at radius 3 is 2.17 bits per heavy atom. The van der Waals surface area contributed by atoms with Gasteiger partial charge >= 0.3 is 5.79 Å². The van der Waals surface area contributed by atoms with E-state index in [1.54, 1.807) is 0 Å². The van der Waals surface area contributed by atoms with Crippen molar-refractivity contribution in [2.45, 2.75) is 5.79 Å². The first-order valence-electron chi connectivity index (χ1n) is 10.2. The molecule has 3 aromatic heterocycles. The number of rotatable bonds is 1. The van der Waals surface area contributed by atoms with Crippen molar-refractivity contribution in [1.82, 2.24) is 9.78 Å². The molecule has 5 heterocycles. The Morgan fingerprint density at radius 2 is 1.33 bits per heavy atom. The summed E-state index contributed by atoms with van der Waals surface area (Å²) in [6.45, 7) is 0. The van der Waals surface area contributed by atoms with Gasteiger partial charge in [0.05, 0.1) is 11.3 Å². The topological polar surface area (TPSA) is 25.6 Å². The summed E-state index contributed by atoms with van der Waals surface area (Å²) in [5.41, 5.74) is 8.06. The molecule has 0 fully saturated rings. The second-order valence-corrected chi connectivity index (χ2v) is 7.79. The summed E-state index contributed by atoms with van der Waals surface area (Å²) in [6.07, 6.45) is 4.33. The molecule has 7 rings (SSSR count). The van der Waals surface area contributed by atoms with Crippen molar-refractivity contribution in [3.63, 3.8) is 0 Å². The van der Waals surface area contributed by atoms with Gasteiger partial charge in [0.2, 0.25) is 11.4 Å². The maximum Gasteiger partial charge on any atom is 0.497 e. The minimum absolute atomic E-state index is 0.591. The molecule has 5 aromatic rings. The number of aromatic nitrogens is 4. The fourth-order valence-corrected chi connectivity index (χ4v) is 5.10. The van der Waals surface area contributed by atoms with Crippen LogP contribution < -0.4 is 9.13 Å². The summed E-state index contributed by atoms with van der Waals surface area (Å²) in [5, 5.41) is 5.18. The van der Waals surface area contributed by atoms with Gasteiger partial charge in [0.25, 0.3) is 0 Å². The Hall–Kier alpha value is -4.05. The summed E-state index contributed by atoms with van der Waals surface area (Å²) in [7, 11) is 0. The molecule has 2 aromatic carbocycles. The van der Waals surface area contributed by atoms with Gasteiger partial charge in [-0.1, -0.05) is 42.5 Å². The standard InChI is InChI=1S/C26H18N4/c1-2-10-19(11-3-1)22-18-25-24-15-7-9-17-29(24)26(30(25)27-22)21-13-5-4-12-20(21)23-14-6-8-16-28(23)26/h1-18H/q+2. The maximum atomic E-state index is 5.18. The molecule has 0 saturated carbocycles. The highest BCUT2D eigenvalue weighted by Crippen LogP contribution is 2.42. The fourth-order valence-electron chi connectivity index (χ4n) is 5.10. The van der Waals surface area contributed by atoms with E-state index >= 15 is 0 Å². The lowest BCUT2D eigenvalue weighted by molar-refractivity contribution is -0.972. The number of pyridine rings is 2. The van der Waals surface area contributed by atoms with E-state index in [9.17, 15) is 0 Å². The van der Waals surface area contributed by atoms with Crippen molar-refractivity contribution in [3.8, 4) is 33.9 Å². The highest BCUT2D eigenvalue weighted by Gasteiger charge is 2.67. The van der Waals surface area contributed by atoms with Gasteiger partial charge in [0.15, 0.2) is 12.4 Å². The van der Waals surface area contributed by atoms with Crippen LogP contribution in [0.1, 0.15) is 5.56 Å². The Morgan fingerprint density at radius 1 is 0.667 bits per heavy atom. The summed E-state index contributed by atoms with van der Waals surface area (Å²) >= 11 is 0. The van der Waals surface area contributed by atoms with E-state index in [0.717, 1.165) is 22.6 Å². The van der Waals surface area contributed by atoms with Crippen molar-refractivity contribution in [3.05, 3.63) is 115 Å². The van der Waals surface area contributed by atoms with E-state index in [-0.39, 0.29) is 0 Å². The van der Waals surface area contributed by atoms with E-state index in [4.69, 9.17) is 5.10 Å². The summed E-state index contributed by atoms with van der Waals surface area (Å²) in [4.78, 5) is 0. The van der Waals surface area contributed by atoms with E-state index in [0.29, 0.717) is 0 Å². The molecule has 0 aliphatic carbocycles. The predicted molar refractivity (Wildman–Crippen MR) is 113 cm³/mol. The van der Waals surface area contributed by atoms with Gasteiger partial charge in [-0.2, -0.15) is 5.10 Å².